The molecule has 3 aromatic carbocycles. The predicted octanol–water partition coefficient (Wildman–Crippen LogP) is 4.63. The van der Waals surface area contributed by atoms with Crippen LogP contribution >= 0.6 is 0 Å². The Hall–Kier alpha value is -3.38. The van der Waals surface area contributed by atoms with Gasteiger partial charge >= 0.3 is 0 Å². The smallest absolute Gasteiger partial charge is 0.255 e. The number of benzene rings is 3. The molecule has 0 aliphatic carbocycles. The summed E-state index contributed by atoms with van der Waals surface area (Å²) in [5.41, 5.74) is 2.81. The first kappa shape index (κ1) is 21.3. The van der Waals surface area contributed by atoms with Crippen LogP contribution in [0.25, 0.3) is 6.08 Å². The van der Waals surface area contributed by atoms with Crippen molar-refractivity contribution in [3.63, 3.8) is 0 Å². The minimum Gasteiger partial charge on any atom is -0.351 e. The SMILES string of the molecule is CC(CNC(=O)c1ccc(NS(=O)(=O)/C=C/c2ccccc2)cc1)c1ccccc1. The van der Waals surface area contributed by atoms with Gasteiger partial charge in [-0.2, -0.15) is 0 Å². The molecule has 0 fully saturated rings. The molecule has 2 N–H and O–H groups in total. The zero-order valence-electron chi connectivity index (χ0n) is 16.7. The number of anilines is 1. The molecule has 0 aliphatic heterocycles. The fraction of sp³-hybridized carbons (Fsp3) is 0.125. The Bertz CT molecular complexity index is 1090. The van der Waals surface area contributed by atoms with E-state index in [0.29, 0.717) is 17.8 Å². The van der Waals surface area contributed by atoms with Gasteiger partial charge in [-0.3, -0.25) is 9.52 Å². The van der Waals surface area contributed by atoms with E-state index in [9.17, 15) is 13.2 Å². The molecular weight excluding hydrogens is 396 g/mol. The Morgan fingerprint density at radius 1 is 0.900 bits per heavy atom. The summed E-state index contributed by atoms with van der Waals surface area (Å²) >= 11 is 0. The molecule has 0 aliphatic rings. The van der Waals surface area contributed by atoms with Gasteiger partial charge in [0.1, 0.15) is 0 Å². The van der Waals surface area contributed by atoms with Crippen molar-refractivity contribution < 1.29 is 13.2 Å². The van der Waals surface area contributed by atoms with E-state index in [0.717, 1.165) is 16.5 Å². The Labute approximate surface area is 177 Å². The van der Waals surface area contributed by atoms with Crippen molar-refractivity contribution in [1.29, 1.82) is 0 Å². The lowest BCUT2D eigenvalue weighted by atomic mass is 10.0. The lowest BCUT2D eigenvalue weighted by Gasteiger charge is -2.13. The van der Waals surface area contributed by atoms with Gasteiger partial charge in [-0.15, -0.1) is 0 Å². The number of sulfonamides is 1. The van der Waals surface area contributed by atoms with Crippen molar-refractivity contribution in [3.8, 4) is 0 Å². The molecule has 30 heavy (non-hydrogen) atoms. The van der Waals surface area contributed by atoms with E-state index in [2.05, 4.69) is 17.0 Å². The van der Waals surface area contributed by atoms with Gasteiger partial charge in [0, 0.05) is 17.8 Å². The summed E-state index contributed by atoms with van der Waals surface area (Å²) in [7, 11) is -3.65. The number of amides is 1. The van der Waals surface area contributed by atoms with Crippen LogP contribution in [0.5, 0.6) is 0 Å². The first-order valence-electron chi connectivity index (χ1n) is 9.62. The van der Waals surface area contributed by atoms with E-state index < -0.39 is 10.0 Å². The van der Waals surface area contributed by atoms with Crippen LogP contribution in [0.1, 0.15) is 34.3 Å². The average molecular weight is 421 g/mol. The molecule has 0 heterocycles. The first-order chi connectivity index (χ1) is 14.4. The van der Waals surface area contributed by atoms with Gasteiger partial charge in [-0.25, -0.2) is 8.42 Å². The Balaban J connectivity index is 1.56. The van der Waals surface area contributed by atoms with Crippen LogP contribution in [0.15, 0.2) is 90.3 Å². The summed E-state index contributed by atoms with van der Waals surface area (Å²) in [6.45, 7) is 2.57. The molecule has 3 rings (SSSR count). The maximum atomic E-state index is 12.4. The van der Waals surface area contributed by atoms with E-state index in [1.165, 1.54) is 6.08 Å². The fourth-order valence-corrected chi connectivity index (χ4v) is 3.74. The Morgan fingerprint density at radius 2 is 1.50 bits per heavy atom. The number of rotatable bonds is 8. The van der Waals surface area contributed by atoms with Gasteiger partial charge in [0.05, 0.1) is 5.41 Å². The second kappa shape index (κ2) is 9.89. The predicted molar refractivity (Wildman–Crippen MR) is 122 cm³/mol. The molecular formula is C24H24N2O3S. The molecule has 0 aromatic heterocycles. The number of nitrogens with one attached hydrogen (secondary N) is 2. The summed E-state index contributed by atoms with van der Waals surface area (Å²) in [5, 5.41) is 4.03. The van der Waals surface area contributed by atoms with E-state index in [1.54, 1.807) is 24.3 Å². The molecule has 1 amide bonds. The second-order valence-electron chi connectivity index (χ2n) is 6.96. The van der Waals surface area contributed by atoms with Gasteiger partial charge in [0.2, 0.25) is 0 Å². The highest BCUT2D eigenvalue weighted by atomic mass is 32.2. The third-order valence-electron chi connectivity index (χ3n) is 4.58. The number of hydrogen-bond acceptors (Lipinski definition) is 3. The van der Waals surface area contributed by atoms with Crippen LogP contribution < -0.4 is 10.0 Å². The topological polar surface area (TPSA) is 75.3 Å². The van der Waals surface area contributed by atoms with Crippen molar-refractivity contribution in [1.82, 2.24) is 5.32 Å². The highest BCUT2D eigenvalue weighted by molar-refractivity contribution is 7.95. The van der Waals surface area contributed by atoms with Crippen molar-refractivity contribution >= 4 is 27.7 Å². The Morgan fingerprint density at radius 3 is 2.13 bits per heavy atom. The summed E-state index contributed by atoms with van der Waals surface area (Å²) < 4.78 is 26.9. The largest absolute Gasteiger partial charge is 0.351 e. The standard InChI is InChI=1S/C24H24N2O3S/c1-19(21-10-6-3-7-11-21)18-25-24(27)22-12-14-23(15-13-22)26-30(28,29)17-16-20-8-4-2-5-9-20/h2-17,19,26H,18H2,1H3,(H,25,27)/b17-16+. The lowest BCUT2D eigenvalue weighted by molar-refractivity contribution is 0.0951. The third-order valence-corrected chi connectivity index (χ3v) is 5.60. The van der Waals surface area contributed by atoms with Gasteiger partial charge in [-0.1, -0.05) is 67.6 Å². The van der Waals surface area contributed by atoms with E-state index in [4.69, 9.17) is 0 Å². The summed E-state index contributed by atoms with van der Waals surface area (Å²) in [4.78, 5) is 12.4. The van der Waals surface area contributed by atoms with Crippen LogP contribution in [0, 0.1) is 0 Å². The highest BCUT2D eigenvalue weighted by Crippen LogP contribution is 2.15. The molecule has 0 radical (unpaired) electrons. The normalized spacial score (nSPS) is 12.4. The zero-order chi connectivity index (χ0) is 21.4. The molecule has 154 valence electrons. The zero-order valence-corrected chi connectivity index (χ0v) is 17.5. The molecule has 6 heteroatoms. The van der Waals surface area contributed by atoms with E-state index in [1.807, 2.05) is 60.7 Å². The second-order valence-corrected chi connectivity index (χ2v) is 8.53. The molecule has 3 aromatic rings. The summed E-state index contributed by atoms with van der Waals surface area (Å²) in [6.07, 6.45) is 1.53. The third kappa shape index (κ3) is 6.32. The molecule has 0 spiro atoms. The number of hydrogen-bond donors (Lipinski definition) is 2. The van der Waals surface area contributed by atoms with Crippen LogP contribution in [-0.4, -0.2) is 20.9 Å². The molecule has 1 unspecified atom stereocenters. The van der Waals surface area contributed by atoms with Crippen LogP contribution in [-0.2, 0) is 10.0 Å². The average Bonchev–Trinajstić information content (AvgIpc) is 2.77. The molecule has 1 atom stereocenters. The van der Waals surface area contributed by atoms with Crippen molar-refractivity contribution in [2.45, 2.75) is 12.8 Å². The minimum atomic E-state index is -3.65. The fourth-order valence-electron chi connectivity index (χ4n) is 2.87. The first-order valence-corrected chi connectivity index (χ1v) is 11.2. The molecule has 0 saturated heterocycles. The van der Waals surface area contributed by atoms with Gasteiger partial charge in [0.25, 0.3) is 15.9 Å². The maximum Gasteiger partial charge on any atom is 0.255 e. The van der Waals surface area contributed by atoms with E-state index >= 15 is 0 Å². The summed E-state index contributed by atoms with van der Waals surface area (Å²) in [6, 6.07) is 25.5. The van der Waals surface area contributed by atoms with Crippen LogP contribution in [0.2, 0.25) is 0 Å². The number of carbonyl (C=O) groups excluding carboxylic acids is 1. The molecule has 0 saturated carbocycles. The summed E-state index contributed by atoms with van der Waals surface area (Å²) in [5.74, 6) is -0.00574. The lowest BCUT2D eigenvalue weighted by Crippen LogP contribution is -2.27. The van der Waals surface area contributed by atoms with E-state index in [-0.39, 0.29) is 11.8 Å². The van der Waals surface area contributed by atoms with Gasteiger partial charge < -0.3 is 5.32 Å². The Kier molecular flexibility index (Phi) is 7.03. The monoisotopic (exact) mass is 420 g/mol. The van der Waals surface area contributed by atoms with Crippen LogP contribution in [0.4, 0.5) is 5.69 Å². The van der Waals surface area contributed by atoms with Crippen molar-refractivity contribution in [3.05, 3.63) is 107 Å². The molecule has 5 nitrogen and oxygen atoms in total. The van der Waals surface area contributed by atoms with Crippen molar-refractivity contribution in [2.75, 3.05) is 11.3 Å². The number of carbonyl (C=O) groups is 1. The minimum absolute atomic E-state index is 0.192. The highest BCUT2D eigenvalue weighted by Gasteiger charge is 2.11. The maximum absolute atomic E-state index is 12.4. The molecule has 0 bridgehead atoms. The van der Waals surface area contributed by atoms with Crippen LogP contribution in [0.3, 0.4) is 0 Å². The van der Waals surface area contributed by atoms with Gasteiger partial charge in [0.15, 0.2) is 0 Å². The quantitative estimate of drug-likeness (QED) is 0.558. The van der Waals surface area contributed by atoms with Crippen molar-refractivity contribution in [2.24, 2.45) is 0 Å². The van der Waals surface area contributed by atoms with Gasteiger partial charge in [-0.05, 0) is 47.4 Å².